The Kier molecular flexibility index (Phi) is 6.23. The molecule has 132 valence electrons. The van der Waals surface area contributed by atoms with E-state index in [1.165, 1.54) is 16.7 Å². The SMILES string of the molecule is CCOC(=O)N1CCC(NC(=O)Cc2c(C)cc(C)cc2C)CC1. The molecule has 0 radical (unpaired) electrons. The highest BCUT2D eigenvalue weighted by Gasteiger charge is 2.24. The number of amides is 2. The van der Waals surface area contributed by atoms with E-state index < -0.39 is 0 Å². The van der Waals surface area contributed by atoms with E-state index in [1.54, 1.807) is 11.8 Å². The van der Waals surface area contributed by atoms with E-state index in [2.05, 4.69) is 38.2 Å². The van der Waals surface area contributed by atoms with Crippen molar-refractivity contribution in [3.8, 4) is 0 Å². The van der Waals surface area contributed by atoms with Gasteiger partial charge in [-0.2, -0.15) is 0 Å². The molecular formula is C19H28N2O3. The standard InChI is InChI=1S/C19H28N2O3/c1-5-24-19(23)21-8-6-16(7-9-21)20-18(22)12-17-14(3)10-13(2)11-15(17)4/h10-11,16H,5-9,12H2,1-4H3,(H,20,22). The number of nitrogens with one attached hydrogen (secondary N) is 1. The van der Waals surface area contributed by atoms with Crippen molar-refractivity contribution in [2.24, 2.45) is 0 Å². The number of piperidine rings is 1. The predicted molar refractivity (Wildman–Crippen MR) is 94.1 cm³/mol. The van der Waals surface area contributed by atoms with Crippen LogP contribution < -0.4 is 5.32 Å². The number of benzene rings is 1. The second kappa shape index (κ2) is 8.18. The van der Waals surface area contributed by atoms with Crippen LogP contribution in [0.3, 0.4) is 0 Å². The molecule has 0 bridgehead atoms. The second-order valence-corrected chi connectivity index (χ2v) is 6.58. The van der Waals surface area contributed by atoms with Gasteiger partial charge in [0.15, 0.2) is 0 Å². The third-order valence-electron chi connectivity index (χ3n) is 4.56. The summed E-state index contributed by atoms with van der Waals surface area (Å²) in [6.45, 7) is 9.64. The number of rotatable bonds is 4. The Labute approximate surface area is 144 Å². The first-order valence-electron chi connectivity index (χ1n) is 8.68. The molecule has 1 fully saturated rings. The van der Waals surface area contributed by atoms with Gasteiger partial charge in [-0.25, -0.2) is 4.79 Å². The highest BCUT2D eigenvalue weighted by Crippen LogP contribution is 2.17. The van der Waals surface area contributed by atoms with Crippen molar-refractivity contribution in [2.45, 2.75) is 53.0 Å². The van der Waals surface area contributed by atoms with Crippen molar-refractivity contribution in [1.29, 1.82) is 0 Å². The monoisotopic (exact) mass is 332 g/mol. The van der Waals surface area contributed by atoms with Crippen LogP contribution in [0.15, 0.2) is 12.1 Å². The van der Waals surface area contributed by atoms with Crippen molar-refractivity contribution < 1.29 is 14.3 Å². The Bertz CT molecular complexity index is 582. The fourth-order valence-corrected chi connectivity index (χ4v) is 3.35. The summed E-state index contributed by atoms with van der Waals surface area (Å²) in [7, 11) is 0. The van der Waals surface area contributed by atoms with Gasteiger partial charge >= 0.3 is 6.09 Å². The fraction of sp³-hybridized carbons (Fsp3) is 0.579. The van der Waals surface area contributed by atoms with Crippen LogP contribution in [0.25, 0.3) is 0 Å². The molecule has 2 rings (SSSR count). The molecule has 1 aromatic rings. The lowest BCUT2D eigenvalue weighted by atomic mass is 9.96. The number of aryl methyl sites for hydroxylation is 3. The third-order valence-corrected chi connectivity index (χ3v) is 4.56. The molecule has 1 N–H and O–H groups in total. The van der Waals surface area contributed by atoms with Gasteiger partial charge in [-0.3, -0.25) is 4.79 Å². The van der Waals surface area contributed by atoms with Gasteiger partial charge in [0.05, 0.1) is 13.0 Å². The van der Waals surface area contributed by atoms with Crippen LogP contribution in [-0.4, -0.2) is 42.6 Å². The molecule has 0 aromatic heterocycles. The molecule has 5 nitrogen and oxygen atoms in total. The van der Waals surface area contributed by atoms with E-state index in [1.807, 2.05) is 0 Å². The largest absolute Gasteiger partial charge is 0.450 e. The summed E-state index contributed by atoms with van der Waals surface area (Å²) in [6.07, 6.45) is 1.70. The molecule has 1 aliphatic heterocycles. The highest BCUT2D eigenvalue weighted by atomic mass is 16.6. The Morgan fingerprint density at radius 3 is 2.29 bits per heavy atom. The summed E-state index contributed by atoms with van der Waals surface area (Å²) in [5.74, 6) is 0.0552. The number of nitrogens with zero attached hydrogens (tertiary/aromatic N) is 1. The fourth-order valence-electron chi connectivity index (χ4n) is 3.35. The van der Waals surface area contributed by atoms with E-state index in [0.717, 1.165) is 18.4 Å². The van der Waals surface area contributed by atoms with Gasteiger partial charge in [0.1, 0.15) is 0 Å². The number of hydrogen-bond acceptors (Lipinski definition) is 3. The Morgan fingerprint density at radius 2 is 1.75 bits per heavy atom. The molecule has 1 aliphatic rings. The lowest BCUT2D eigenvalue weighted by Gasteiger charge is -2.31. The van der Waals surface area contributed by atoms with Crippen molar-refractivity contribution in [2.75, 3.05) is 19.7 Å². The molecule has 0 aliphatic carbocycles. The molecule has 0 atom stereocenters. The predicted octanol–water partition coefficient (Wildman–Crippen LogP) is 2.89. The molecule has 5 heteroatoms. The number of carbonyl (C=O) groups is 2. The van der Waals surface area contributed by atoms with Crippen LogP contribution in [0.2, 0.25) is 0 Å². The number of likely N-dealkylation sites (tertiary alicyclic amines) is 1. The van der Waals surface area contributed by atoms with Gasteiger partial charge in [-0.1, -0.05) is 17.7 Å². The van der Waals surface area contributed by atoms with Gasteiger partial charge in [0.2, 0.25) is 5.91 Å². The van der Waals surface area contributed by atoms with Crippen LogP contribution in [0.5, 0.6) is 0 Å². The van der Waals surface area contributed by atoms with Crippen molar-refractivity contribution in [1.82, 2.24) is 10.2 Å². The number of ether oxygens (including phenoxy) is 1. The van der Waals surface area contributed by atoms with E-state index in [-0.39, 0.29) is 18.0 Å². The third kappa shape index (κ3) is 4.73. The average Bonchev–Trinajstić information content (AvgIpc) is 2.52. The van der Waals surface area contributed by atoms with Crippen LogP contribution >= 0.6 is 0 Å². The minimum atomic E-state index is -0.256. The maximum absolute atomic E-state index is 12.4. The molecule has 0 unspecified atom stereocenters. The second-order valence-electron chi connectivity index (χ2n) is 6.58. The zero-order valence-corrected chi connectivity index (χ0v) is 15.1. The van der Waals surface area contributed by atoms with Crippen LogP contribution in [0.1, 0.15) is 42.0 Å². The zero-order valence-electron chi connectivity index (χ0n) is 15.1. The minimum Gasteiger partial charge on any atom is -0.450 e. The Hall–Kier alpha value is -2.04. The van der Waals surface area contributed by atoms with Gasteiger partial charge in [-0.05, 0) is 57.2 Å². The number of carbonyl (C=O) groups excluding carboxylic acids is 2. The molecule has 24 heavy (non-hydrogen) atoms. The summed E-state index contributed by atoms with van der Waals surface area (Å²) in [5, 5.41) is 3.11. The molecular weight excluding hydrogens is 304 g/mol. The minimum absolute atomic E-state index is 0.0552. The first kappa shape index (κ1) is 18.3. The molecule has 1 aromatic carbocycles. The highest BCUT2D eigenvalue weighted by molar-refractivity contribution is 5.79. The molecule has 2 amide bonds. The van der Waals surface area contributed by atoms with Crippen LogP contribution in [0, 0.1) is 20.8 Å². The Morgan fingerprint density at radius 1 is 1.17 bits per heavy atom. The molecule has 1 saturated heterocycles. The summed E-state index contributed by atoms with van der Waals surface area (Å²) >= 11 is 0. The van der Waals surface area contributed by atoms with E-state index in [0.29, 0.717) is 26.1 Å². The van der Waals surface area contributed by atoms with Crippen molar-refractivity contribution in [3.05, 3.63) is 34.4 Å². The van der Waals surface area contributed by atoms with Crippen molar-refractivity contribution >= 4 is 12.0 Å². The van der Waals surface area contributed by atoms with E-state index >= 15 is 0 Å². The molecule has 0 saturated carbocycles. The van der Waals surface area contributed by atoms with Gasteiger partial charge in [-0.15, -0.1) is 0 Å². The maximum atomic E-state index is 12.4. The summed E-state index contributed by atoms with van der Waals surface area (Å²) in [4.78, 5) is 25.8. The normalized spacial score (nSPS) is 15.2. The Balaban J connectivity index is 1.85. The van der Waals surface area contributed by atoms with Crippen molar-refractivity contribution in [3.63, 3.8) is 0 Å². The first-order chi connectivity index (χ1) is 11.4. The van der Waals surface area contributed by atoms with Gasteiger partial charge in [0, 0.05) is 19.1 Å². The zero-order chi connectivity index (χ0) is 17.7. The molecule has 1 heterocycles. The van der Waals surface area contributed by atoms with E-state index in [9.17, 15) is 9.59 Å². The van der Waals surface area contributed by atoms with E-state index in [4.69, 9.17) is 4.74 Å². The van der Waals surface area contributed by atoms with Gasteiger partial charge < -0.3 is 15.0 Å². The lowest BCUT2D eigenvalue weighted by Crippen LogP contribution is -2.47. The summed E-state index contributed by atoms with van der Waals surface area (Å²) in [5.41, 5.74) is 4.67. The van der Waals surface area contributed by atoms with Crippen LogP contribution in [0.4, 0.5) is 4.79 Å². The summed E-state index contributed by atoms with van der Waals surface area (Å²) in [6, 6.07) is 4.37. The average molecular weight is 332 g/mol. The smallest absolute Gasteiger partial charge is 0.409 e. The molecule has 0 spiro atoms. The van der Waals surface area contributed by atoms with Crippen LogP contribution in [-0.2, 0) is 16.0 Å². The number of hydrogen-bond donors (Lipinski definition) is 1. The topological polar surface area (TPSA) is 58.6 Å². The maximum Gasteiger partial charge on any atom is 0.409 e. The quantitative estimate of drug-likeness (QED) is 0.922. The lowest BCUT2D eigenvalue weighted by molar-refractivity contribution is -0.121. The summed E-state index contributed by atoms with van der Waals surface area (Å²) < 4.78 is 5.01. The first-order valence-corrected chi connectivity index (χ1v) is 8.68. The van der Waals surface area contributed by atoms with Gasteiger partial charge in [0.25, 0.3) is 0 Å².